The summed E-state index contributed by atoms with van der Waals surface area (Å²) in [6.07, 6.45) is 3.69. The predicted molar refractivity (Wildman–Crippen MR) is 131 cm³/mol. The van der Waals surface area contributed by atoms with Crippen LogP contribution in [0.2, 0.25) is 0 Å². The van der Waals surface area contributed by atoms with E-state index >= 15 is 0 Å². The molecule has 0 spiro atoms. The van der Waals surface area contributed by atoms with E-state index in [1.165, 1.54) is 36.5 Å². The molecule has 1 unspecified atom stereocenters. The van der Waals surface area contributed by atoms with Gasteiger partial charge in [-0.1, -0.05) is 18.2 Å². The quantitative estimate of drug-likeness (QED) is 0.178. The highest BCUT2D eigenvalue weighted by atomic mass is 127. The summed E-state index contributed by atoms with van der Waals surface area (Å²) in [5.74, 6) is 3.02. The van der Waals surface area contributed by atoms with Crippen molar-refractivity contribution in [2.24, 2.45) is 10.9 Å². The summed E-state index contributed by atoms with van der Waals surface area (Å²) < 4.78 is 0. The van der Waals surface area contributed by atoms with Crippen LogP contribution in [-0.4, -0.2) is 67.8 Å². The van der Waals surface area contributed by atoms with Crippen LogP contribution in [0, 0.1) is 5.92 Å². The van der Waals surface area contributed by atoms with Crippen molar-refractivity contribution in [1.29, 1.82) is 0 Å². The smallest absolute Gasteiger partial charge is 0.193 e. The van der Waals surface area contributed by atoms with Crippen molar-refractivity contribution < 1.29 is 0 Å². The number of unbranched alkanes of at least 4 members (excludes halogenated alkanes) is 1. The molecule has 0 aliphatic carbocycles. The van der Waals surface area contributed by atoms with E-state index in [1.54, 1.807) is 0 Å². The molecule has 1 fully saturated rings. The molecule has 0 amide bonds. The standard InChI is InChI=1S/C21H36N4S.HI/c1-18(2)24(4)14-9-8-13-23-21(22-3)25-15-12-19(16-25)17-26-20-10-6-5-7-11-20;/h5-7,10-11,18-19H,8-9,12-17H2,1-4H3,(H,22,23);1H. The lowest BCUT2D eigenvalue weighted by atomic mass is 10.2. The van der Waals surface area contributed by atoms with Gasteiger partial charge in [-0.05, 0) is 64.8 Å². The van der Waals surface area contributed by atoms with Crippen LogP contribution in [0.25, 0.3) is 0 Å². The van der Waals surface area contributed by atoms with Crippen LogP contribution in [-0.2, 0) is 0 Å². The predicted octanol–water partition coefficient (Wildman–Crippen LogP) is 4.41. The summed E-state index contributed by atoms with van der Waals surface area (Å²) in [5, 5.41) is 3.56. The van der Waals surface area contributed by atoms with Crippen LogP contribution in [0.3, 0.4) is 0 Å². The largest absolute Gasteiger partial charge is 0.356 e. The number of likely N-dealkylation sites (tertiary alicyclic amines) is 1. The Balaban J connectivity index is 0.00000364. The maximum atomic E-state index is 4.50. The molecule has 1 saturated heterocycles. The van der Waals surface area contributed by atoms with E-state index in [9.17, 15) is 0 Å². The second-order valence-corrected chi connectivity index (χ2v) is 8.57. The molecule has 1 atom stereocenters. The first kappa shape index (κ1) is 24.6. The van der Waals surface area contributed by atoms with E-state index in [2.05, 4.69) is 71.3 Å². The van der Waals surface area contributed by atoms with Crippen molar-refractivity contribution >= 4 is 41.7 Å². The highest BCUT2D eigenvalue weighted by Gasteiger charge is 2.24. The number of nitrogens with one attached hydrogen (secondary N) is 1. The van der Waals surface area contributed by atoms with Gasteiger partial charge in [0.1, 0.15) is 0 Å². The number of guanidine groups is 1. The molecule has 0 radical (unpaired) electrons. The van der Waals surface area contributed by atoms with E-state index in [0.717, 1.165) is 31.5 Å². The van der Waals surface area contributed by atoms with E-state index in [-0.39, 0.29) is 24.0 Å². The van der Waals surface area contributed by atoms with E-state index in [0.29, 0.717) is 6.04 Å². The molecular formula is C21H37IN4S. The normalized spacial score (nSPS) is 17.5. The summed E-state index contributed by atoms with van der Waals surface area (Å²) in [6.45, 7) is 8.92. The molecule has 1 aromatic rings. The molecule has 0 bridgehead atoms. The molecule has 1 aliphatic heterocycles. The average Bonchev–Trinajstić information content (AvgIpc) is 3.12. The Hall–Kier alpha value is -0.470. The summed E-state index contributed by atoms with van der Waals surface area (Å²) in [7, 11) is 4.11. The lowest BCUT2D eigenvalue weighted by Gasteiger charge is -2.23. The van der Waals surface area contributed by atoms with Gasteiger partial charge >= 0.3 is 0 Å². The van der Waals surface area contributed by atoms with Gasteiger partial charge in [0.15, 0.2) is 5.96 Å². The second-order valence-electron chi connectivity index (χ2n) is 7.48. The monoisotopic (exact) mass is 504 g/mol. The number of hydrogen-bond acceptors (Lipinski definition) is 3. The highest BCUT2D eigenvalue weighted by molar-refractivity contribution is 14.0. The maximum absolute atomic E-state index is 4.50. The zero-order valence-corrected chi connectivity index (χ0v) is 20.5. The van der Waals surface area contributed by atoms with Crippen molar-refractivity contribution in [3.05, 3.63) is 30.3 Å². The topological polar surface area (TPSA) is 30.9 Å². The number of benzene rings is 1. The Bertz CT molecular complexity index is 538. The van der Waals surface area contributed by atoms with Crippen molar-refractivity contribution in [3.8, 4) is 0 Å². The third kappa shape index (κ3) is 9.05. The lowest BCUT2D eigenvalue weighted by molar-refractivity contribution is 0.268. The maximum Gasteiger partial charge on any atom is 0.193 e. The summed E-state index contributed by atoms with van der Waals surface area (Å²) in [4.78, 5) is 10.7. The molecule has 154 valence electrons. The van der Waals surface area contributed by atoms with Gasteiger partial charge in [-0.2, -0.15) is 0 Å². The van der Waals surface area contributed by atoms with E-state index < -0.39 is 0 Å². The molecule has 0 saturated carbocycles. The minimum absolute atomic E-state index is 0. The zero-order chi connectivity index (χ0) is 18.8. The summed E-state index contributed by atoms with van der Waals surface area (Å²) in [6, 6.07) is 11.4. The molecule has 2 rings (SSSR count). The number of halogens is 1. The molecule has 1 aliphatic rings. The van der Waals surface area contributed by atoms with Crippen molar-refractivity contribution in [2.75, 3.05) is 46.0 Å². The Kier molecular flexibility index (Phi) is 12.4. The van der Waals surface area contributed by atoms with Crippen LogP contribution in [0.15, 0.2) is 40.2 Å². The third-order valence-electron chi connectivity index (χ3n) is 5.13. The van der Waals surface area contributed by atoms with Crippen LogP contribution in [0.4, 0.5) is 0 Å². The minimum Gasteiger partial charge on any atom is -0.356 e. The SMILES string of the molecule is CN=C(NCCCCN(C)C(C)C)N1CCC(CSc2ccccc2)C1.I. The van der Waals surface area contributed by atoms with Gasteiger partial charge in [0.2, 0.25) is 0 Å². The first-order valence-corrected chi connectivity index (χ1v) is 10.9. The van der Waals surface area contributed by atoms with Crippen LogP contribution in [0.1, 0.15) is 33.1 Å². The molecule has 1 heterocycles. The molecule has 6 heteroatoms. The minimum atomic E-state index is 0. The highest BCUT2D eigenvalue weighted by Crippen LogP contribution is 2.25. The van der Waals surface area contributed by atoms with Crippen LogP contribution in [0.5, 0.6) is 0 Å². The molecule has 1 aromatic carbocycles. The molecule has 27 heavy (non-hydrogen) atoms. The van der Waals surface area contributed by atoms with Crippen molar-refractivity contribution in [3.63, 3.8) is 0 Å². The first-order chi connectivity index (χ1) is 12.6. The Morgan fingerprint density at radius 3 is 2.70 bits per heavy atom. The third-order valence-corrected chi connectivity index (χ3v) is 6.37. The Morgan fingerprint density at radius 2 is 2.04 bits per heavy atom. The van der Waals surface area contributed by atoms with Gasteiger partial charge in [0, 0.05) is 43.4 Å². The number of thioether (sulfide) groups is 1. The number of nitrogens with zero attached hydrogens (tertiary/aromatic N) is 3. The van der Waals surface area contributed by atoms with Crippen molar-refractivity contribution in [1.82, 2.24) is 15.1 Å². The Morgan fingerprint density at radius 1 is 1.30 bits per heavy atom. The molecule has 4 nitrogen and oxygen atoms in total. The zero-order valence-electron chi connectivity index (χ0n) is 17.4. The molecule has 0 aromatic heterocycles. The number of aliphatic imine (C=N–C) groups is 1. The lowest BCUT2D eigenvalue weighted by Crippen LogP contribution is -2.40. The fourth-order valence-corrected chi connectivity index (χ4v) is 4.22. The molecular weight excluding hydrogens is 467 g/mol. The van der Waals surface area contributed by atoms with Crippen molar-refractivity contribution in [2.45, 2.75) is 44.0 Å². The van der Waals surface area contributed by atoms with E-state index in [4.69, 9.17) is 0 Å². The van der Waals surface area contributed by atoms with Gasteiger partial charge in [-0.25, -0.2) is 0 Å². The average molecular weight is 505 g/mol. The summed E-state index contributed by atoms with van der Waals surface area (Å²) >= 11 is 1.98. The number of hydrogen-bond donors (Lipinski definition) is 1. The Labute approximate surface area is 187 Å². The second kappa shape index (κ2) is 13.7. The van der Waals surface area contributed by atoms with Gasteiger partial charge < -0.3 is 15.1 Å². The fraction of sp³-hybridized carbons (Fsp3) is 0.667. The summed E-state index contributed by atoms with van der Waals surface area (Å²) in [5.41, 5.74) is 0. The number of rotatable bonds is 9. The molecule has 1 N–H and O–H groups in total. The van der Waals surface area contributed by atoms with E-state index in [1.807, 2.05) is 18.8 Å². The van der Waals surface area contributed by atoms with Gasteiger partial charge in [-0.15, -0.1) is 35.7 Å². The van der Waals surface area contributed by atoms with Gasteiger partial charge in [0.05, 0.1) is 0 Å². The van der Waals surface area contributed by atoms with Gasteiger partial charge in [0.25, 0.3) is 0 Å². The van der Waals surface area contributed by atoms with Gasteiger partial charge in [-0.3, -0.25) is 4.99 Å². The van der Waals surface area contributed by atoms with Crippen LogP contribution < -0.4 is 5.32 Å². The van der Waals surface area contributed by atoms with Crippen LogP contribution >= 0.6 is 35.7 Å². The first-order valence-electron chi connectivity index (χ1n) is 9.94. The fourth-order valence-electron chi connectivity index (χ4n) is 3.17.